The van der Waals surface area contributed by atoms with E-state index in [9.17, 15) is 8.42 Å². The van der Waals surface area contributed by atoms with Crippen LogP contribution in [0.1, 0.15) is 37.3 Å². The van der Waals surface area contributed by atoms with Crippen molar-refractivity contribution in [1.82, 2.24) is 4.72 Å². The Hall–Kier alpha value is -0.910. The van der Waals surface area contributed by atoms with Crippen LogP contribution in [0.5, 0.6) is 0 Å². The van der Waals surface area contributed by atoms with Gasteiger partial charge in [-0.15, -0.1) is 0 Å². The lowest BCUT2D eigenvalue weighted by Gasteiger charge is -2.10. The average Bonchev–Trinajstić information content (AvgIpc) is 2.35. The number of aliphatic hydroxyl groups excluding tert-OH is 1. The van der Waals surface area contributed by atoms with Crippen molar-refractivity contribution >= 4 is 10.0 Å². The number of benzene rings is 1. The van der Waals surface area contributed by atoms with E-state index in [2.05, 4.69) is 11.6 Å². The van der Waals surface area contributed by atoms with Crippen LogP contribution in [0.3, 0.4) is 0 Å². The fourth-order valence-electron chi connectivity index (χ4n) is 1.69. The number of aryl methyl sites for hydroxylation is 1. The molecule has 0 aliphatic heterocycles. The first-order valence-corrected chi connectivity index (χ1v) is 7.69. The van der Waals surface area contributed by atoms with Crippen LogP contribution in [-0.2, 0) is 16.6 Å². The number of rotatable bonds is 7. The molecule has 1 rings (SSSR count). The van der Waals surface area contributed by atoms with Gasteiger partial charge in [0.2, 0.25) is 10.0 Å². The molecule has 0 saturated carbocycles. The van der Waals surface area contributed by atoms with Crippen LogP contribution in [0.25, 0.3) is 0 Å². The van der Waals surface area contributed by atoms with Crippen LogP contribution in [0, 0.1) is 6.92 Å². The first-order valence-electron chi connectivity index (χ1n) is 6.21. The molecular formula is C13H21NO3S. The molecule has 0 aromatic heterocycles. The second kappa shape index (κ2) is 6.87. The van der Waals surface area contributed by atoms with E-state index < -0.39 is 10.0 Å². The van der Waals surface area contributed by atoms with Crippen LogP contribution in [0.15, 0.2) is 23.1 Å². The molecule has 0 amide bonds. The molecule has 0 bridgehead atoms. The highest BCUT2D eigenvalue weighted by Crippen LogP contribution is 2.17. The first kappa shape index (κ1) is 15.1. The Morgan fingerprint density at radius 3 is 2.61 bits per heavy atom. The summed E-state index contributed by atoms with van der Waals surface area (Å²) in [5.74, 6) is 0. The van der Waals surface area contributed by atoms with Crippen molar-refractivity contribution in [2.24, 2.45) is 0 Å². The lowest BCUT2D eigenvalue weighted by molar-refractivity contribution is 0.281. The molecule has 0 unspecified atom stereocenters. The molecule has 2 N–H and O–H groups in total. The summed E-state index contributed by atoms with van der Waals surface area (Å²) in [4.78, 5) is 0.255. The van der Waals surface area contributed by atoms with Gasteiger partial charge in [-0.2, -0.15) is 0 Å². The quantitative estimate of drug-likeness (QED) is 0.745. The lowest BCUT2D eigenvalue weighted by atomic mass is 10.2. The third-order valence-electron chi connectivity index (χ3n) is 2.80. The van der Waals surface area contributed by atoms with Gasteiger partial charge in [0.05, 0.1) is 11.5 Å². The summed E-state index contributed by atoms with van der Waals surface area (Å²) >= 11 is 0. The Morgan fingerprint density at radius 1 is 1.28 bits per heavy atom. The largest absolute Gasteiger partial charge is 0.392 e. The summed E-state index contributed by atoms with van der Waals surface area (Å²) in [6, 6.07) is 4.97. The predicted molar refractivity (Wildman–Crippen MR) is 71.8 cm³/mol. The van der Waals surface area contributed by atoms with Gasteiger partial charge in [0.15, 0.2) is 0 Å². The van der Waals surface area contributed by atoms with Crippen LogP contribution in [0.2, 0.25) is 0 Å². The zero-order chi connectivity index (χ0) is 13.6. The Bertz CT molecular complexity index is 483. The number of unbranched alkanes of at least 4 members (excludes halogenated alkanes) is 2. The van der Waals surface area contributed by atoms with Crippen molar-refractivity contribution in [3.63, 3.8) is 0 Å². The van der Waals surface area contributed by atoms with E-state index in [-0.39, 0.29) is 11.5 Å². The zero-order valence-electron chi connectivity index (χ0n) is 10.9. The van der Waals surface area contributed by atoms with E-state index in [0.717, 1.165) is 19.3 Å². The van der Waals surface area contributed by atoms with Crippen molar-refractivity contribution in [2.75, 3.05) is 6.54 Å². The highest BCUT2D eigenvalue weighted by atomic mass is 32.2. The standard InChI is InChI=1S/C13H21NO3S/c1-3-4-5-8-14-18(16,17)13-9-12(10-15)7-6-11(13)2/h6-7,9,14-15H,3-5,8,10H2,1-2H3. The Balaban J connectivity index is 2.83. The maximum absolute atomic E-state index is 12.1. The lowest BCUT2D eigenvalue weighted by Crippen LogP contribution is -2.25. The molecule has 0 aliphatic rings. The van der Waals surface area contributed by atoms with Gasteiger partial charge in [-0.3, -0.25) is 0 Å². The summed E-state index contributed by atoms with van der Waals surface area (Å²) in [6.45, 7) is 4.13. The van der Waals surface area contributed by atoms with E-state index >= 15 is 0 Å². The predicted octanol–water partition coefficient (Wildman–Crippen LogP) is 1.96. The molecule has 102 valence electrons. The van der Waals surface area contributed by atoms with E-state index in [4.69, 9.17) is 5.11 Å². The SMILES string of the molecule is CCCCCNS(=O)(=O)c1cc(CO)ccc1C. The highest BCUT2D eigenvalue weighted by molar-refractivity contribution is 7.89. The second-order valence-corrected chi connectivity index (χ2v) is 6.10. The summed E-state index contributed by atoms with van der Waals surface area (Å²) in [7, 11) is -3.47. The molecule has 0 heterocycles. The van der Waals surface area contributed by atoms with Crippen molar-refractivity contribution in [3.8, 4) is 0 Å². The van der Waals surface area contributed by atoms with Gasteiger partial charge in [0.25, 0.3) is 0 Å². The Morgan fingerprint density at radius 2 is 2.00 bits per heavy atom. The monoisotopic (exact) mass is 271 g/mol. The van der Waals surface area contributed by atoms with Gasteiger partial charge in [-0.05, 0) is 30.5 Å². The maximum Gasteiger partial charge on any atom is 0.240 e. The average molecular weight is 271 g/mol. The van der Waals surface area contributed by atoms with Crippen LogP contribution < -0.4 is 4.72 Å². The number of nitrogens with one attached hydrogen (secondary N) is 1. The minimum atomic E-state index is -3.47. The molecule has 4 nitrogen and oxygen atoms in total. The molecule has 1 aromatic rings. The fraction of sp³-hybridized carbons (Fsp3) is 0.538. The molecule has 1 aromatic carbocycles. The number of hydrogen-bond donors (Lipinski definition) is 2. The number of sulfonamides is 1. The summed E-state index contributed by atoms with van der Waals surface area (Å²) in [5.41, 5.74) is 1.30. The summed E-state index contributed by atoms with van der Waals surface area (Å²) in [6.07, 6.45) is 2.91. The van der Waals surface area contributed by atoms with Crippen LogP contribution >= 0.6 is 0 Å². The molecular weight excluding hydrogens is 250 g/mol. The van der Waals surface area contributed by atoms with E-state index in [1.165, 1.54) is 6.07 Å². The van der Waals surface area contributed by atoms with Crippen molar-refractivity contribution in [1.29, 1.82) is 0 Å². The highest BCUT2D eigenvalue weighted by Gasteiger charge is 2.16. The topological polar surface area (TPSA) is 66.4 Å². The molecule has 0 spiro atoms. The van der Waals surface area contributed by atoms with Crippen LogP contribution in [0.4, 0.5) is 0 Å². The van der Waals surface area contributed by atoms with Gasteiger partial charge in [-0.25, -0.2) is 13.1 Å². The van der Waals surface area contributed by atoms with Gasteiger partial charge < -0.3 is 5.11 Å². The number of aliphatic hydroxyl groups is 1. The third-order valence-corrected chi connectivity index (χ3v) is 4.40. The second-order valence-electron chi connectivity index (χ2n) is 4.36. The summed E-state index contributed by atoms with van der Waals surface area (Å²) in [5, 5.41) is 9.05. The molecule has 0 aliphatic carbocycles. The van der Waals surface area contributed by atoms with Crippen molar-refractivity contribution < 1.29 is 13.5 Å². The van der Waals surface area contributed by atoms with Gasteiger partial charge in [0, 0.05) is 6.54 Å². The molecule has 0 saturated heterocycles. The maximum atomic E-state index is 12.1. The van der Waals surface area contributed by atoms with Gasteiger partial charge >= 0.3 is 0 Å². The molecule has 0 fully saturated rings. The third kappa shape index (κ3) is 4.08. The molecule has 18 heavy (non-hydrogen) atoms. The van der Waals surface area contributed by atoms with E-state index in [1.807, 2.05) is 0 Å². The molecule has 5 heteroatoms. The molecule has 0 atom stereocenters. The fourth-order valence-corrected chi connectivity index (χ4v) is 3.06. The smallest absolute Gasteiger partial charge is 0.240 e. The van der Waals surface area contributed by atoms with Crippen LogP contribution in [-0.4, -0.2) is 20.1 Å². The minimum Gasteiger partial charge on any atom is -0.392 e. The van der Waals surface area contributed by atoms with Gasteiger partial charge in [-0.1, -0.05) is 31.9 Å². The normalized spacial score (nSPS) is 11.7. The van der Waals surface area contributed by atoms with Gasteiger partial charge in [0.1, 0.15) is 0 Å². The van der Waals surface area contributed by atoms with Crippen molar-refractivity contribution in [3.05, 3.63) is 29.3 Å². The first-order chi connectivity index (χ1) is 8.51. The Kier molecular flexibility index (Phi) is 5.78. The zero-order valence-corrected chi connectivity index (χ0v) is 11.8. The van der Waals surface area contributed by atoms with Crippen molar-refractivity contribution in [2.45, 2.75) is 44.6 Å². The molecule has 0 radical (unpaired) electrons. The Labute approximate surface area is 109 Å². The van der Waals surface area contributed by atoms with E-state index in [0.29, 0.717) is 17.7 Å². The van der Waals surface area contributed by atoms with E-state index in [1.54, 1.807) is 19.1 Å². The summed E-state index contributed by atoms with van der Waals surface area (Å²) < 4.78 is 26.8. The minimum absolute atomic E-state index is 0.154. The number of hydrogen-bond acceptors (Lipinski definition) is 3.